The molecule has 0 saturated heterocycles. The van der Waals surface area contributed by atoms with E-state index in [0.717, 1.165) is 11.1 Å². The standard InChI is InChI=1S/C24H18N2O6/c27-20-8-1-13(9-21(20)28)11-25-12-19-18-10-16(6-7-17(18)22(29)26-23(19)30)14-2-4-15(5-3-14)24(31)32/h1-10,12,25,27-28H,11H2,(H,31,32)(H,26,29,30). The summed E-state index contributed by atoms with van der Waals surface area (Å²) in [7, 11) is 0. The highest BCUT2D eigenvalue weighted by molar-refractivity contribution is 6.31. The molecule has 0 aliphatic carbocycles. The number of hydrogen-bond donors (Lipinski definition) is 5. The number of carboxylic acids is 1. The molecule has 2 amide bonds. The molecule has 0 unspecified atom stereocenters. The number of aromatic hydroxyl groups is 2. The molecule has 0 bridgehead atoms. The van der Waals surface area contributed by atoms with E-state index in [0.29, 0.717) is 16.7 Å². The Kier molecular flexibility index (Phi) is 5.34. The Morgan fingerprint density at radius 2 is 1.56 bits per heavy atom. The molecule has 8 heteroatoms. The lowest BCUT2D eigenvalue weighted by Gasteiger charge is -2.19. The van der Waals surface area contributed by atoms with E-state index in [-0.39, 0.29) is 29.2 Å². The SMILES string of the molecule is O=C1NC(=O)c2ccc(-c3ccc(C(=O)O)cc3)cc2C1=CNCc1ccc(O)c(O)c1. The van der Waals surface area contributed by atoms with E-state index < -0.39 is 17.8 Å². The molecule has 0 aromatic heterocycles. The van der Waals surface area contributed by atoms with Gasteiger partial charge in [-0.1, -0.05) is 24.3 Å². The maximum absolute atomic E-state index is 12.5. The second kappa shape index (κ2) is 8.27. The molecule has 3 aromatic carbocycles. The Morgan fingerprint density at radius 3 is 2.25 bits per heavy atom. The average molecular weight is 430 g/mol. The van der Waals surface area contributed by atoms with Crippen LogP contribution in [0.2, 0.25) is 0 Å². The van der Waals surface area contributed by atoms with E-state index >= 15 is 0 Å². The molecule has 0 atom stereocenters. The number of carbonyl (C=O) groups is 3. The number of rotatable bonds is 5. The summed E-state index contributed by atoms with van der Waals surface area (Å²) in [5.41, 5.74) is 3.33. The van der Waals surface area contributed by atoms with Crippen molar-refractivity contribution in [2.45, 2.75) is 6.54 Å². The van der Waals surface area contributed by atoms with Gasteiger partial charge in [-0.15, -0.1) is 0 Å². The quantitative estimate of drug-likeness (QED) is 0.239. The predicted octanol–water partition coefficient (Wildman–Crippen LogP) is 2.86. The lowest BCUT2D eigenvalue weighted by molar-refractivity contribution is -0.114. The summed E-state index contributed by atoms with van der Waals surface area (Å²) >= 11 is 0. The minimum Gasteiger partial charge on any atom is -0.504 e. The number of aromatic carboxylic acids is 1. The van der Waals surface area contributed by atoms with Crippen molar-refractivity contribution in [3.8, 4) is 22.6 Å². The number of hydrogen-bond acceptors (Lipinski definition) is 6. The fourth-order valence-corrected chi connectivity index (χ4v) is 3.40. The Balaban J connectivity index is 1.65. The minimum atomic E-state index is -1.03. The van der Waals surface area contributed by atoms with Gasteiger partial charge in [-0.05, 0) is 53.1 Å². The summed E-state index contributed by atoms with van der Waals surface area (Å²) in [6.45, 7) is 0.268. The monoisotopic (exact) mass is 430 g/mol. The summed E-state index contributed by atoms with van der Waals surface area (Å²) in [6.07, 6.45) is 1.49. The fraction of sp³-hybridized carbons (Fsp3) is 0.0417. The molecule has 160 valence electrons. The normalized spacial score (nSPS) is 14.1. The maximum Gasteiger partial charge on any atom is 0.335 e. The van der Waals surface area contributed by atoms with Gasteiger partial charge in [0, 0.05) is 23.9 Å². The first-order valence-corrected chi connectivity index (χ1v) is 9.62. The lowest BCUT2D eigenvalue weighted by atomic mass is 9.91. The zero-order chi connectivity index (χ0) is 22.8. The molecule has 0 radical (unpaired) electrons. The van der Waals surface area contributed by atoms with Gasteiger partial charge in [-0.2, -0.15) is 0 Å². The number of carboxylic acid groups (broad SMARTS) is 1. The van der Waals surface area contributed by atoms with Gasteiger partial charge in [0.2, 0.25) is 0 Å². The third-order valence-corrected chi connectivity index (χ3v) is 5.08. The van der Waals surface area contributed by atoms with Crippen molar-refractivity contribution >= 4 is 23.4 Å². The molecule has 32 heavy (non-hydrogen) atoms. The summed E-state index contributed by atoms with van der Waals surface area (Å²) in [5.74, 6) is -2.56. The first kappa shape index (κ1) is 20.7. The number of imide groups is 1. The van der Waals surface area contributed by atoms with Crippen LogP contribution in [-0.2, 0) is 11.3 Å². The summed E-state index contributed by atoms with van der Waals surface area (Å²) in [5, 5.41) is 33.4. The van der Waals surface area contributed by atoms with Crippen molar-refractivity contribution in [2.75, 3.05) is 0 Å². The molecule has 1 aliphatic rings. The van der Waals surface area contributed by atoms with Crippen molar-refractivity contribution in [1.82, 2.24) is 10.6 Å². The van der Waals surface area contributed by atoms with Gasteiger partial charge in [-0.25, -0.2) is 4.79 Å². The Labute approximate surface area is 182 Å². The number of benzene rings is 3. The minimum absolute atomic E-state index is 0.159. The van der Waals surface area contributed by atoms with Crippen molar-refractivity contribution < 1.29 is 29.7 Å². The summed E-state index contributed by atoms with van der Waals surface area (Å²) in [4.78, 5) is 35.8. The molecule has 4 rings (SSSR count). The third kappa shape index (κ3) is 4.01. The van der Waals surface area contributed by atoms with E-state index in [4.69, 9.17) is 5.11 Å². The van der Waals surface area contributed by atoms with Crippen LogP contribution in [0.3, 0.4) is 0 Å². The van der Waals surface area contributed by atoms with Crippen LogP contribution in [0.1, 0.15) is 31.8 Å². The third-order valence-electron chi connectivity index (χ3n) is 5.08. The summed E-state index contributed by atoms with van der Waals surface area (Å²) < 4.78 is 0. The molecule has 1 aliphatic heterocycles. The van der Waals surface area contributed by atoms with E-state index in [2.05, 4.69) is 10.6 Å². The average Bonchev–Trinajstić information content (AvgIpc) is 2.78. The Morgan fingerprint density at radius 1 is 0.844 bits per heavy atom. The van der Waals surface area contributed by atoms with Crippen LogP contribution in [0.15, 0.2) is 66.9 Å². The molecule has 0 saturated carbocycles. The zero-order valence-corrected chi connectivity index (χ0v) is 16.6. The van der Waals surface area contributed by atoms with E-state index in [1.54, 1.807) is 36.4 Å². The number of carbonyl (C=O) groups excluding carboxylic acids is 2. The smallest absolute Gasteiger partial charge is 0.335 e. The van der Waals surface area contributed by atoms with E-state index in [9.17, 15) is 24.6 Å². The predicted molar refractivity (Wildman–Crippen MR) is 116 cm³/mol. The topological polar surface area (TPSA) is 136 Å². The molecule has 5 N–H and O–H groups in total. The van der Waals surface area contributed by atoms with Crippen molar-refractivity contribution in [3.05, 3.63) is 89.1 Å². The van der Waals surface area contributed by atoms with Crippen molar-refractivity contribution in [3.63, 3.8) is 0 Å². The fourth-order valence-electron chi connectivity index (χ4n) is 3.40. The second-order valence-corrected chi connectivity index (χ2v) is 7.19. The van der Waals surface area contributed by atoms with Gasteiger partial charge in [0.05, 0.1) is 11.1 Å². The number of phenolic OH excluding ortho intramolecular Hbond substituents is 2. The van der Waals surface area contributed by atoms with Gasteiger partial charge >= 0.3 is 5.97 Å². The zero-order valence-electron chi connectivity index (χ0n) is 16.6. The number of fused-ring (bicyclic) bond motifs is 1. The largest absolute Gasteiger partial charge is 0.504 e. The highest BCUT2D eigenvalue weighted by atomic mass is 16.4. The number of nitrogens with one attached hydrogen (secondary N) is 2. The number of phenols is 2. The van der Waals surface area contributed by atoms with Crippen molar-refractivity contribution in [2.24, 2.45) is 0 Å². The molecular weight excluding hydrogens is 412 g/mol. The van der Waals surface area contributed by atoms with Crippen molar-refractivity contribution in [1.29, 1.82) is 0 Å². The molecule has 1 heterocycles. The van der Waals surface area contributed by atoms with Crippen LogP contribution in [0.4, 0.5) is 0 Å². The highest BCUT2D eigenvalue weighted by Crippen LogP contribution is 2.30. The molecule has 0 fully saturated rings. The van der Waals surface area contributed by atoms with Gasteiger partial charge in [0.1, 0.15) is 0 Å². The molecular formula is C24H18N2O6. The van der Waals surface area contributed by atoms with Crippen LogP contribution in [0, 0.1) is 0 Å². The molecule has 8 nitrogen and oxygen atoms in total. The van der Waals surface area contributed by atoms with E-state index in [1.807, 2.05) is 0 Å². The van der Waals surface area contributed by atoms with Crippen LogP contribution in [0.25, 0.3) is 16.7 Å². The lowest BCUT2D eigenvalue weighted by Crippen LogP contribution is -2.37. The van der Waals surface area contributed by atoms with E-state index in [1.165, 1.54) is 30.5 Å². The van der Waals surface area contributed by atoms with Crippen LogP contribution in [-0.4, -0.2) is 33.1 Å². The van der Waals surface area contributed by atoms with Gasteiger partial charge in [0.15, 0.2) is 11.5 Å². The maximum atomic E-state index is 12.5. The van der Waals surface area contributed by atoms with Crippen LogP contribution in [0.5, 0.6) is 11.5 Å². The van der Waals surface area contributed by atoms with Gasteiger partial charge in [0.25, 0.3) is 11.8 Å². The Bertz CT molecular complexity index is 1280. The first-order chi connectivity index (χ1) is 15.3. The second-order valence-electron chi connectivity index (χ2n) is 7.19. The van der Waals surface area contributed by atoms with Gasteiger partial charge < -0.3 is 20.6 Å². The number of amides is 2. The molecule has 3 aromatic rings. The van der Waals surface area contributed by atoms with Gasteiger partial charge in [-0.3, -0.25) is 14.9 Å². The van der Waals surface area contributed by atoms with Crippen LogP contribution >= 0.6 is 0 Å². The molecule has 0 spiro atoms. The summed E-state index contributed by atoms with van der Waals surface area (Å²) in [6, 6.07) is 15.7. The van der Waals surface area contributed by atoms with Crippen LogP contribution < -0.4 is 10.6 Å². The highest BCUT2D eigenvalue weighted by Gasteiger charge is 2.27. The Hall–Kier alpha value is -4.59. The first-order valence-electron chi connectivity index (χ1n) is 9.62.